The van der Waals surface area contributed by atoms with E-state index >= 15 is 0 Å². The molecular formula is C9H9FN2O3. The van der Waals surface area contributed by atoms with Crippen LogP contribution in [0.3, 0.4) is 0 Å². The molecule has 0 fully saturated rings. The van der Waals surface area contributed by atoms with Gasteiger partial charge in [0.05, 0.1) is 6.04 Å². The number of halogens is 1. The van der Waals surface area contributed by atoms with Crippen molar-refractivity contribution in [3.8, 4) is 0 Å². The summed E-state index contributed by atoms with van der Waals surface area (Å²) in [7, 11) is 0. The molecule has 1 unspecified atom stereocenters. The van der Waals surface area contributed by atoms with Crippen molar-refractivity contribution >= 4 is 0 Å². The first-order chi connectivity index (χ1) is 7.08. The van der Waals surface area contributed by atoms with Crippen LogP contribution in [0, 0.1) is 0 Å². The number of nitrogens with zero attached hydrogens (tertiary/aromatic N) is 1. The van der Waals surface area contributed by atoms with Crippen molar-refractivity contribution < 1.29 is 9.50 Å². The van der Waals surface area contributed by atoms with Crippen LogP contribution >= 0.6 is 0 Å². The van der Waals surface area contributed by atoms with Crippen molar-refractivity contribution in [3.63, 3.8) is 0 Å². The zero-order chi connectivity index (χ0) is 11.0. The van der Waals surface area contributed by atoms with Crippen molar-refractivity contribution in [2.24, 2.45) is 0 Å². The average Bonchev–Trinajstić information content (AvgIpc) is 2.46. The maximum atomic E-state index is 12.9. The Bertz CT molecular complexity index is 517. The summed E-state index contributed by atoms with van der Waals surface area (Å²) in [5.41, 5.74) is -1.11. The second kappa shape index (κ2) is 3.47. The fraction of sp³-hybridized carbons (Fsp3) is 0.333. The van der Waals surface area contributed by atoms with Gasteiger partial charge in [0, 0.05) is 18.7 Å². The molecule has 2 atom stereocenters. The number of H-pyrrole nitrogens is 1. The second-order valence-corrected chi connectivity index (χ2v) is 3.39. The minimum absolute atomic E-state index is 0.109. The van der Waals surface area contributed by atoms with E-state index < -0.39 is 29.2 Å². The van der Waals surface area contributed by atoms with E-state index in [0.717, 1.165) is 0 Å². The minimum Gasteiger partial charge on any atom is -0.386 e. The van der Waals surface area contributed by atoms with E-state index in [1.807, 2.05) is 0 Å². The van der Waals surface area contributed by atoms with Crippen LogP contribution in [0.2, 0.25) is 0 Å². The van der Waals surface area contributed by atoms with E-state index in [1.54, 1.807) is 0 Å². The third-order valence-electron chi connectivity index (χ3n) is 2.34. The predicted molar refractivity (Wildman–Crippen MR) is 50.2 cm³/mol. The molecule has 0 radical (unpaired) electrons. The molecule has 1 aliphatic carbocycles. The molecule has 0 saturated heterocycles. The number of allylic oxidation sites excluding steroid dienone is 1. The number of aliphatic hydroxyl groups excluding tert-OH is 1. The molecule has 1 aromatic rings. The molecule has 80 valence electrons. The first-order valence-electron chi connectivity index (χ1n) is 4.44. The maximum absolute atomic E-state index is 12.9. The molecule has 0 aromatic carbocycles. The van der Waals surface area contributed by atoms with Gasteiger partial charge in [-0.3, -0.25) is 14.3 Å². The van der Waals surface area contributed by atoms with Gasteiger partial charge in [-0.1, -0.05) is 0 Å². The van der Waals surface area contributed by atoms with E-state index in [1.165, 1.54) is 22.9 Å². The Morgan fingerprint density at radius 2 is 2.27 bits per heavy atom. The van der Waals surface area contributed by atoms with Gasteiger partial charge in [-0.05, 0) is 6.08 Å². The summed E-state index contributed by atoms with van der Waals surface area (Å²) in [6, 6.07) is 0.641. The zero-order valence-electron chi connectivity index (χ0n) is 7.68. The van der Waals surface area contributed by atoms with Gasteiger partial charge in [-0.25, -0.2) is 9.18 Å². The molecule has 0 amide bonds. The van der Waals surface area contributed by atoms with E-state index in [2.05, 4.69) is 4.98 Å². The fourth-order valence-electron chi connectivity index (χ4n) is 1.59. The lowest BCUT2D eigenvalue weighted by molar-refractivity contribution is 0.177. The Morgan fingerprint density at radius 1 is 1.53 bits per heavy atom. The Morgan fingerprint density at radius 3 is 2.80 bits per heavy atom. The van der Waals surface area contributed by atoms with Crippen molar-refractivity contribution in [2.45, 2.75) is 18.6 Å². The summed E-state index contributed by atoms with van der Waals surface area (Å²) in [5.74, 6) is -0.641. The molecule has 0 aliphatic heterocycles. The number of aliphatic hydroxyl groups is 1. The van der Waals surface area contributed by atoms with Gasteiger partial charge in [-0.15, -0.1) is 0 Å². The summed E-state index contributed by atoms with van der Waals surface area (Å²) in [6.45, 7) is 0. The van der Waals surface area contributed by atoms with Gasteiger partial charge in [0.1, 0.15) is 11.9 Å². The molecule has 0 bridgehead atoms. The highest BCUT2D eigenvalue weighted by Crippen LogP contribution is 2.27. The third kappa shape index (κ3) is 1.75. The quantitative estimate of drug-likeness (QED) is 0.670. The maximum Gasteiger partial charge on any atom is 0.328 e. The lowest BCUT2D eigenvalue weighted by Gasteiger charge is -2.10. The standard InChI is InChI=1S/C9H9FN2O3/c10-6-3-5(4-7(6)13)12-2-1-8(14)11-9(12)15/h1-3,5,7,13H,4H2,(H,11,14,15)/t5?,7-/m0/s1. The lowest BCUT2D eigenvalue weighted by atomic mass is 10.2. The van der Waals surface area contributed by atoms with Crippen LogP contribution < -0.4 is 11.2 Å². The van der Waals surface area contributed by atoms with Crippen LogP contribution in [-0.2, 0) is 0 Å². The highest BCUT2D eigenvalue weighted by Gasteiger charge is 2.26. The molecule has 1 aromatic heterocycles. The molecule has 0 saturated carbocycles. The Labute approximate surface area is 83.5 Å². The summed E-state index contributed by atoms with van der Waals surface area (Å²) < 4.78 is 14.1. The summed E-state index contributed by atoms with van der Waals surface area (Å²) in [6.07, 6.45) is 1.41. The highest BCUT2D eigenvalue weighted by molar-refractivity contribution is 5.12. The molecule has 2 rings (SSSR count). The van der Waals surface area contributed by atoms with Crippen LogP contribution in [0.4, 0.5) is 4.39 Å². The van der Waals surface area contributed by atoms with Gasteiger partial charge >= 0.3 is 5.69 Å². The highest BCUT2D eigenvalue weighted by atomic mass is 19.1. The molecule has 6 heteroatoms. The van der Waals surface area contributed by atoms with Crippen molar-refractivity contribution in [2.75, 3.05) is 0 Å². The number of hydrogen-bond donors (Lipinski definition) is 2. The van der Waals surface area contributed by atoms with Crippen LogP contribution in [0.1, 0.15) is 12.5 Å². The van der Waals surface area contributed by atoms with Gasteiger partial charge in [0.25, 0.3) is 5.56 Å². The Kier molecular flexibility index (Phi) is 2.28. The van der Waals surface area contributed by atoms with Crippen LogP contribution in [-0.4, -0.2) is 20.8 Å². The molecule has 1 heterocycles. The average molecular weight is 212 g/mol. The van der Waals surface area contributed by atoms with Gasteiger partial charge in [-0.2, -0.15) is 0 Å². The molecule has 1 aliphatic rings. The number of aromatic amines is 1. The number of rotatable bonds is 1. The van der Waals surface area contributed by atoms with E-state index in [0.29, 0.717) is 0 Å². The fourth-order valence-corrected chi connectivity index (χ4v) is 1.59. The van der Waals surface area contributed by atoms with Crippen LogP contribution in [0.25, 0.3) is 0 Å². The minimum atomic E-state index is -1.16. The number of aromatic nitrogens is 2. The summed E-state index contributed by atoms with van der Waals surface area (Å²) >= 11 is 0. The Balaban J connectivity index is 2.41. The SMILES string of the molecule is O=c1ccn(C2C=C(F)[C@@H](O)C2)c(=O)[nH]1. The molecule has 2 N–H and O–H groups in total. The monoisotopic (exact) mass is 212 g/mol. The van der Waals surface area contributed by atoms with Gasteiger partial charge < -0.3 is 5.11 Å². The second-order valence-electron chi connectivity index (χ2n) is 3.39. The van der Waals surface area contributed by atoms with Crippen LogP contribution in [0.5, 0.6) is 0 Å². The first kappa shape index (κ1) is 9.85. The Hall–Kier alpha value is -1.69. The zero-order valence-corrected chi connectivity index (χ0v) is 7.68. The van der Waals surface area contributed by atoms with Crippen molar-refractivity contribution in [1.82, 2.24) is 9.55 Å². The lowest BCUT2D eigenvalue weighted by Crippen LogP contribution is -2.30. The van der Waals surface area contributed by atoms with Crippen molar-refractivity contribution in [1.29, 1.82) is 0 Å². The van der Waals surface area contributed by atoms with Gasteiger partial charge in [0.15, 0.2) is 0 Å². The van der Waals surface area contributed by atoms with Crippen molar-refractivity contribution in [3.05, 3.63) is 45.0 Å². The van der Waals surface area contributed by atoms with Crippen LogP contribution in [0.15, 0.2) is 33.8 Å². The summed E-state index contributed by atoms with van der Waals surface area (Å²) in [5, 5.41) is 9.14. The van der Waals surface area contributed by atoms with E-state index in [9.17, 15) is 14.0 Å². The first-order valence-corrected chi connectivity index (χ1v) is 4.44. The smallest absolute Gasteiger partial charge is 0.328 e. The van der Waals surface area contributed by atoms with E-state index in [4.69, 9.17) is 5.11 Å². The molecule has 5 nitrogen and oxygen atoms in total. The predicted octanol–water partition coefficient (Wildman–Crippen LogP) is -0.304. The number of nitrogens with one attached hydrogen (secondary N) is 1. The topological polar surface area (TPSA) is 75.1 Å². The van der Waals surface area contributed by atoms with Gasteiger partial charge in [0.2, 0.25) is 0 Å². The number of hydrogen-bond acceptors (Lipinski definition) is 3. The normalized spacial score (nSPS) is 25.3. The largest absolute Gasteiger partial charge is 0.386 e. The summed E-state index contributed by atoms with van der Waals surface area (Å²) in [4.78, 5) is 24.2. The van der Waals surface area contributed by atoms with E-state index in [-0.39, 0.29) is 6.42 Å². The third-order valence-corrected chi connectivity index (χ3v) is 2.34. The molecule has 0 spiro atoms. The molecular weight excluding hydrogens is 203 g/mol. The molecule has 15 heavy (non-hydrogen) atoms.